The lowest BCUT2D eigenvalue weighted by Crippen LogP contribution is -2.36. The molecule has 1 amide bonds. The predicted molar refractivity (Wildman–Crippen MR) is 130 cm³/mol. The van der Waals surface area contributed by atoms with E-state index in [1.54, 1.807) is 0 Å². The molecule has 0 bridgehead atoms. The number of carbonyl (C=O) groups excluding carboxylic acids is 2. The molecule has 42 heavy (non-hydrogen) atoms. The SMILES string of the molecule is CCC1CC(=O)CCC1Nc1ncc(C(F)(F)F)cc1CN1C(=O)O[C@H](c2cc(C(F)(F)F)cc(C(F)(F)F)c2)[C@@H]1C. The maximum absolute atomic E-state index is 13.5. The van der Waals surface area contributed by atoms with Gasteiger partial charge >= 0.3 is 24.6 Å². The lowest BCUT2D eigenvalue weighted by atomic mass is 9.82. The molecule has 1 aromatic heterocycles. The fourth-order valence-electron chi connectivity index (χ4n) is 5.29. The van der Waals surface area contributed by atoms with Crippen LogP contribution in [0.15, 0.2) is 30.5 Å². The highest BCUT2D eigenvalue weighted by atomic mass is 19.4. The van der Waals surface area contributed by atoms with E-state index >= 15 is 0 Å². The monoisotopic (exact) mass is 611 g/mol. The average molecular weight is 612 g/mol. The normalized spacial score (nSPS) is 23.7. The van der Waals surface area contributed by atoms with E-state index in [0.717, 1.165) is 11.0 Å². The van der Waals surface area contributed by atoms with Crippen LogP contribution in [-0.2, 0) is 34.6 Å². The summed E-state index contributed by atoms with van der Waals surface area (Å²) >= 11 is 0. The van der Waals surface area contributed by atoms with E-state index in [9.17, 15) is 49.1 Å². The molecular weight excluding hydrogens is 585 g/mol. The topological polar surface area (TPSA) is 71.5 Å². The third kappa shape index (κ3) is 6.75. The van der Waals surface area contributed by atoms with Gasteiger partial charge in [0.25, 0.3) is 0 Å². The fraction of sp³-hybridized carbons (Fsp3) is 0.519. The van der Waals surface area contributed by atoms with E-state index < -0.39 is 65.6 Å². The van der Waals surface area contributed by atoms with Crippen LogP contribution in [0, 0.1) is 5.92 Å². The van der Waals surface area contributed by atoms with Crippen LogP contribution in [0.25, 0.3) is 0 Å². The Kier molecular flexibility index (Phi) is 8.44. The molecule has 2 aromatic rings. The number of hydrogen-bond donors (Lipinski definition) is 1. The van der Waals surface area contributed by atoms with Crippen molar-refractivity contribution in [2.75, 3.05) is 5.32 Å². The van der Waals surface area contributed by atoms with Gasteiger partial charge in [0.1, 0.15) is 17.7 Å². The highest BCUT2D eigenvalue weighted by molar-refractivity contribution is 5.79. The number of rotatable bonds is 6. The number of nitrogens with one attached hydrogen (secondary N) is 1. The van der Waals surface area contributed by atoms with Gasteiger partial charge in [0.15, 0.2) is 0 Å². The maximum Gasteiger partial charge on any atom is 0.417 e. The van der Waals surface area contributed by atoms with Gasteiger partial charge in [-0.15, -0.1) is 0 Å². The van der Waals surface area contributed by atoms with Gasteiger partial charge in [0, 0.05) is 30.6 Å². The molecule has 1 N–H and O–H groups in total. The van der Waals surface area contributed by atoms with Crippen molar-refractivity contribution < 1.29 is 53.8 Å². The van der Waals surface area contributed by atoms with Crippen LogP contribution in [0.3, 0.4) is 0 Å². The number of Topliss-reactive ketones (excluding diaryl/α,β-unsaturated/α-hetero) is 1. The third-order valence-corrected chi connectivity index (χ3v) is 7.60. The summed E-state index contributed by atoms with van der Waals surface area (Å²) in [6.07, 6.45) is -15.6. The Labute approximate surface area is 234 Å². The van der Waals surface area contributed by atoms with E-state index in [1.807, 2.05) is 6.92 Å². The largest absolute Gasteiger partial charge is 0.439 e. The molecule has 1 aliphatic heterocycles. The van der Waals surface area contributed by atoms with Crippen LogP contribution in [-0.4, -0.2) is 33.8 Å². The Morgan fingerprint density at radius 1 is 0.929 bits per heavy atom. The van der Waals surface area contributed by atoms with Gasteiger partial charge in [0.05, 0.1) is 29.3 Å². The van der Waals surface area contributed by atoms with Gasteiger partial charge in [-0.1, -0.05) is 13.3 Å². The van der Waals surface area contributed by atoms with E-state index in [1.165, 1.54) is 6.92 Å². The molecule has 1 saturated heterocycles. The summed E-state index contributed by atoms with van der Waals surface area (Å²) in [5.74, 6) is -0.0573. The van der Waals surface area contributed by atoms with Crippen LogP contribution >= 0.6 is 0 Å². The minimum atomic E-state index is -5.13. The first-order chi connectivity index (χ1) is 19.4. The van der Waals surface area contributed by atoms with Crippen molar-refractivity contribution in [3.8, 4) is 0 Å². The second-order valence-electron chi connectivity index (χ2n) is 10.4. The number of ether oxygens (including phenoxy) is 1. The quantitative estimate of drug-likeness (QED) is 0.338. The molecule has 1 aromatic carbocycles. The third-order valence-electron chi connectivity index (χ3n) is 7.60. The zero-order valence-corrected chi connectivity index (χ0v) is 22.3. The zero-order valence-electron chi connectivity index (χ0n) is 22.3. The average Bonchev–Trinajstić information content (AvgIpc) is 3.17. The molecular formula is C27H26F9N3O3. The Hall–Kier alpha value is -3.52. The number of hydrogen-bond acceptors (Lipinski definition) is 5. The van der Waals surface area contributed by atoms with Crippen LogP contribution < -0.4 is 5.32 Å². The number of halogens is 9. The lowest BCUT2D eigenvalue weighted by molar-refractivity contribution is -0.143. The molecule has 1 saturated carbocycles. The van der Waals surface area contributed by atoms with Crippen molar-refractivity contribution in [1.29, 1.82) is 0 Å². The molecule has 2 aliphatic rings. The number of aromatic nitrogens is 1. The summed E-state index contributed by atoms with van der Waals surface area (Å²) in [6.45, 7) is 2.62. The van der Waals surface area contributed by atoms with Crippen LogP contribution in [0.5, 0.6) is 0 Å². The Bertz CT molecular complexity index is 1310. The van der Waals surface area contributed by atoms with Crippen molar-refractivity contribution in [1.82, 2.24) is 9.88 Å². The molecule has 4 rings (SSSR count). The number of carbonyl (C=O) groups is 2. The number of benzene rings is 1. The van der Waals surface area contributed by atoms with E-state index in [0.29, 0.717) is 31.2 Å². The molecule has 230 valence electrons. The number of pyridine rings is 1. The second-order valence-corrected chi connectivity index (χ2v) is 10.4. The zero-order chi connectivity index (χ0) is 31.2. The number of amides is 1. The smallest absolute Gasteiger partial charge is 0.417 e. The number of alkyl halides is 9. The molecule has 0 radical (unpaired) electrons. The van der Waals surface area contributed by atoms with Crippen molar-refractivity contribution in [2.24, 2.45) is 5.92 Å². The Morgan fingerprint density at radius 2 is 1.52 bits per heavy atom. The fourth-order valence-corrected chi connectivity index (χ4v) is 5.29. The summed E-state index contributed by atoms with van der Waals surface area (Å²) in [6, 6.07) is 0.126. The Morgan fingerprint density at radius 3 is 2.07 bits per heavy atom. The minimum Gasteiger partial charge on any atom is -0.439 e. The number of nitrogens with zero attached hydrogens (tertiary/aromatic N) is 2. The molecule has 1 aliphatic carbocycles. The summed E-state index contributed by atoms with van der Waals surface area (Å²) in [5.41, 5.74) is -4.99. The molecule has 15 heteroatoms. The van der Waals surface area contributed by atoms with Gasteiger partial charge < -0.3 is 10.1 Å². The maximum atomic E-state index is 13.5. The van der Waals surface area contributed by atoms with Crippen molar-refractivity contribution in [3.63, 3.8) is 0 Å². The summed E-state index contributed by atoms with van der Waals surface area (Å²) in [4.78, 5) is 29.6. The Balaban J connectivity index is 1.67. The van der Waals surface area contributed by atoms with E-state index in [4.69, 9.17) is 4.74 Å². The molecule has 2 fully saturated rings. The number of anilines is 1. The highest BCUT2D eigenvalue weighted by Gasteiger charge is 2.44. The first-order valence-corrected chi connectivity index (χ1v) is 13.0. The summed E-state index contributed by atoms with van der Waals surface area (Å²) in [5, 5.41) is 3.08. The first-order valence-electron chi connectivity index (χ1n) is 13.0. The van der Waals surface area contributed by atoms with Crippen LogP contribution in [0.2, 0.25) is 0 Å². The number of ketones is 1. The van der Waals surface area contributed by atoms with Crippen molar-refractivity contribution in [3.05, 3.63) is 58.3 Å². The molecule has 0 spiro atoms. The summed E-state index contributed by atoms with van der Waals surface area (Å²) < 4.78 is 126. The first kappa shape index (κ1) is 31.4. The minimum absolute atomic E-state index is 0.00248. The van der Waals surface area contributed by atoms with Crippen molar-refractivity contribution in [2.45, 2.75) is 82.8 Å². The highest BCUT2D eigenvalue weighted by Crippen LogP contribution is 2.42. The second kappa shape index (κ2) is 11.3. The van der Waals surface area contributed by atoms with Crippen LogP contribution in [0.4, 0.5) is 50.1 Å². The van der Waals surface area contributed by atoms with E-state index in [-0.39, 0.29) is 48.0 Å². The molecule has 2 heterocycles. The molecule has 4 atom stereocenters. The lowest BCUT2D eigenvalue weighted by Gasteiger charge is -2.32. The molecule has 6 nitrogen and oxygen atoms in total. The van der Waals surface area contributed by atoms with Gasteiger partial charge in [-0.3, -0.25) is 9.69 Å². The van der Waals surface area contributed by atoms with Gasteiger partial charge in [-0.25, -0.2) is 9.78 Å². The van der Waals surface area contributed by atoms with Gasteiger partial charge in [-0.2, -0.15) is 39.5 Å². The van der Waals surface area contributed by atoms with E-state index in [2.05, 4.69) is 10.3 Å². The predicted octanol–water partition coefficient (Wildman–Crippen LogP) is 7.78. The van der Waals surface area contributed by atoms with Gasteiger partial charge in [-0.05, 0) is 49.1 Å². The van der Waals surface area contributed by atoms with Crippen LogP contribution in [0.1, 0.15) is 73.5 Å². The molecule has 2 unspecified atom stereocenters. The van der Waals surface area contributed by atoms with Crippen molar-refractivity contribution >= 4 is 17.7 Å². The number of cyclic esters (lactones) is 1. The summed E-state index contributed by atoms with van der Waals surface area (Å²) in [7, 11) is 0. The van der Waals surface area contributed by atoms with Gasteiger partial charge in [0.2, 0.25) is 0 Å². The standard InChI is InChI=1S/C27H26F9N3O3/c1-3-14-9-20(40)4-5-21(14)38-23-16(8-19(11-37-23)27(34,35)36)12-39-13(2)22(42-24(39)41)15-6-17(25(28,29)30)10-18(7-15)26(31,32)33/h6-8,10-11,13-14,21-22H,3-5,9,12H2,1-2H3,(H,37,38)/t13-,14?,21?,22-/m0/s1.